The highest BCUT2D eigenvalue weighted by molar-refractivity contribution is 8.14. The van der Waals surface area contributed by atoms with Crippen molar-refractivity contribution in [2.75, 3.05) is 5.01 Å². The third kappa shape index (κ3) is 3.83. The molecule has 2 heterocycles. The lowest BCUT2D eigenvalue weighted by Gasteiger charge is -2.24. The zero-order valence-corrected chi connectivity index (χ0v) is 18.7. The number of aryl methyl sites for hydroxylation is 1. The molecule has 1 aromatic heterocycles. The SMILES string of the molecule is CCC(=O)N1N=C(c2ccc(C3CCCCC3)cc2)Sc2c1nc(C)n2C(=O)CC. The molecule has 4 rings (SSSR count). The summed E-state index contributed by atoms with van der Waals surface area (Å²) >= 11 is 1.41. The summed E-state index contributed by atoms with van der Waals surface area (Å²) in [6, 6.07) is 8.56. The van der Waals surface area contributed by atoms with Crippen LogP contribution in [0.15, 0.2) is 34.4 Å². The second kappa shape index (κ2) is 8.76. The van der Waals surface area contributed by atoms with E-state index >= 15 is 0 Å². The second-order valence-corrected chi connectivity index (χ2v) is 8.87. The molecule has 2 aliphatic rings. The molecule has 1 aliphatic heterocycles. The minimum atomic E-state index is -0.138. The van der Waals surface area contributed by atoms with E-state index in [9.17, 15) is 9.59 Å². The standard InChI is InChI=1S/C23H28N4O2S/c1-4-19(28)26-15(3)24-21-23(26)30-22(25-27(21)20(29)5-2)18-13-11-17(12-14-18)16-9-7-6-8-10-16/h11-14,16H,4-10H2,1-3H3. The van der Waals surface area contributed by atoms with Crippen molar-refractivity contribution in [1.29, 1.82) is 0 Å². The van der Waals surface area contributed by atoms with E-state index in [0.717, 1.165) is 5.56 Å². The van der Waals surface area contributed by atoms with Gasteiger partial charge in [0.25, 0.3) is 0 Å². The quantitative estimate of drug-likeness (QED) is 0.650. The second-order valence-electron chi connectivity index (χ2n) is 7.89. The monoisotopic (exact) mass is 424 g/mol. The third-order valence-electron chi connectivity index (χ3n) is 5.90. The number of hydrogen-bond acceptors (Lipinski definition) is 5. The number of carbonyl (C=O) groups excluding carboxylic acids is 2. The van der Waals surface area contributed by atoms with Crippen LogP contribution in [0, 0.1) is 6.92 Å². The highest BCUT2D eigenvalue weighted by Crippen LogP contribution is 2.39. The lowest BCUT2D eigenvalue weighted by Crippen LogP contribution is -2.29. The molecule has 1 saturated carbocycles. The molecule has 158 valence electrons. The van der Waals surface area contributed by atoms with Gasteiger partial charge in [0.05, 0.1) is 0 Å². The predicted octanol–water partition coefficient (Wildman–Crippen LogP) is 5.50. The first-order chi connectivity index (χ1) is 14.5. The Balaban J connectivity index is 1.69. The lowest BCUT2D eigenvalue weighted by molar-refractivity contribution is -0.118. The van der Waals surface area contributed by atoms with Crippen molar-refractivity contribution in [3.05, 3.63) is 41.2 Å². The summed E-state index contributed by atoms with van der Waals surface area (Å²) in [7, 11) is 0. The van der Waals surface area contributed by atoms with Gasteiger partial charge in [0.1, 0.15) is 15.9 Å². The van der Waals surface area contributed by atoms with Gasteiger partial charge in [-0.2, -0.15) is 10.1 Å². The maximum absolute atomic E-state index is 12.6. The van der Waals surface area contributed by atoms with Crippen molar-refractivity contribution in [1.82, 2.24) is 9.55 Å². The zero-order chi connectivity index (χ0) is 21.3. The number of aromatic nitrogens is 2. The van der Waals surface area contributed by atoms with Crippen LogP contribution in [-0.2, 0) is 4.79 Å². The summed E-state index contributed by atoms with van der Waals surface area (Å²) in [5.74, 6) is 1.50. The van der Waals surface area contributed by atoms with Gasteiger partial charge in [-0.25, -0.2) is 4.98 Å². The van der Waals surface area contributed by atoms with Gasteiger partial charge in [0, 0.05) is 18.4 Å². The summed E-state index contributed by atoms with van der Waals surface area (Å²) in [6.45, 7) is 5.42. The van der Waals surface area contributed by atoms with Crippen LogP contribution < -0.4 is 5.01 Å². The van der Waals surface area contributed by atoms with Gasteiger partial charge in [-0.15, -0.1) is 0 Å². The summed E-state index contributed by atoms with van der Waals surface area (Å²) in [4.78, 5) is 29.6. The van der Waals surface area contributed by atoms with E-state index in [0.29, 0.717) is 40.5 Å². The van der Waals surface area contributed by atoms with Crippen LogP contribution >= 0.6 is 11.8 Å². The van der Waals surface area contributed by atoms with E-state index in [-0.39, 0.29) is 11.8 Å². The van der Waals surface area contributed by atoms with Gasteiger partial charge in [0.15, 0.2) is 5.82 Å². The number of nitrogens with zero attached hydrogens (tertiary/aromatic N) is 4. The van der Waals surface area contributed by atoms with E-state index < -0.39 is 0 Å². The lowest BCUT2D eigenvalue weighted by atomic mass is 9.84. The summed E-state index contributed by atoms with van der Waals surface area (Å²) in [5.41, 5.74) is 2.33. The number of fused-ring (bicyclic) bond motifs is 1. The normalized spacial score (nSPS) is 16.9. The number of imidazole rings is 1. The Morgan fingerprint density at radius 2 is 1.70 bits per heavy atom. The molecule has 30 heavy (non-hydrogen) atoms. The van der Waals surface area contributed by atoms with Gasteiger partial charge >= 0.3 is 0 Å². The van der Waals surface area contributed by atoms with Gasteiger partial charge in [-0.05, 0) is 43.0 Å². The largest absolute Gasteiger partial charge is 0.274 e. The van der Waals surface area contributed by atoms with Gasteiger partial charge in [-0.1, -0.05) is 57.4 Å². The fraction of sp³-hybridized carbons (Fsp3) is 0.478. The average Bonchev–Trinajstić information content (AvgIpc) is 3.13. The van der Waals surface area contributed by atoms with Gasteiger partial charge < -0.3 is 0 Å². The Bertz CT molecular complexity index is 987. The Morgan fingerprint density at radius 3 is 2.33 bits per heavy atom. The Hall–Kier alpha value is -2.41. The Kier molecular flexibility index (Phi) is 6.09. The number of anilines is 1. The van der Waals surface area contributed by atoms with E-state index in [1.807, 2.05) is 6.92 Å². The van der Waals surface area contributed by atoms with Crippen LogP contribution in [0.4, 0.5) is 5.82 Å². The topological polar surface area (TPSA) is 67.6 Å². The van der Waals surface area contributed by atoms with Crippen molar-refractivity contribution in [3.63, 3.8) is 0 Å². The maximum Gasteiger partial charge on any atom is 0.248 e. The summed E-state index contributed by atoms with van der Waals surface area (Å²) in [6.07, 6.45) is 7.16. The molecule has 1 aromatic carbocycles. The number of thioether (sulfide) groups is 1. The van der Waals surface area contributed by atoms with Crippen LogP contribution in [0.3, 0.4) is 0 Å². The summed E-state index contributed by atoms with van der Waals surface area (Å²) in [5, 5.41) is 7.37. The number of amides is 1. The van der Waals surface area contributed by atoms with Gasteiger partial charge in [0.2, 0.25) is 11.8 Å². The molecule has 0 atom stereocenters. The number of benzene rings is 1. The zero-order valence-electron chi connectivity index (χ0n) is 17.9. The minimum Gasteiger partial charge on any atom is -0.274 e. The predicted molar refractivity (Wildman–Crippen MR) is 120 cm³/mol. The molecule has 7 heteroatoms. The van der Waals surface area contributed by atoms with Crippen LogP contribution in [0.1, 0.15) is 86.5 Å². The van der Waals surface area contributed by atoms with Crippen molar-refractivity contribution >= 4 is 34.4 Å². The highest BCUT2D eigenvalue weighted by atomic mass is 32.2. The summed E-state index contributed by atoms with van der Waals surface area (Å²) < 4.78 is 1.61. The highest BCUT2D eigenvalue weighted by Gasteiger charge is 2.32. The van der Waals surface area contributed by atoms with Crippen LogP contribution in [0.5, 0.6) is 0 Å². The Morgan fingerprint density at radius 1 is 1.03 bits per heavy atom. The minimum absolute atomic E-state index is 0.0356. The van der Waals surface area contributed by atoms with E-state index in [4.69, 9.17) is 0 Å². The first kappa shape index (κ1) is 20.8. The van der Waals surface area contributed by atoms with E-state index in [1.54, 1.807) is 18.4 Å². The number of carbonyl (C=O) groups is 2. The molecular weight excluding hydrogens is 396 g/mol. The molecule has 0 N–H and O–H groups in total. The molecule has 0 bridgehead atoms. The number of hydrazone groups is 1. The molecule has 1 amide bonds. The smallest absolute Gasteiger partial charge is 0.248 e. The molecule has 0 saturated heterocycles. The van der Waals surface area contributed by atoms with Crippen LogP contribution in [0.2, 0.25) is 0 Å². The molecule has 0 spiro atoms. The molecule has 0 unspecified atom stereocenters. The fourth-order valence-electron chi connectivity index (χ4n) is 4.20. The average molecular weight is 425 g/mol. The molecular formula is C23H28N4O2S. The number of hydrogen-bond donors (Lipinski definition) is 0. The van der Waals surface area contributed by atoms with Crippen molar-refractivity contribution in [3.8, 4) is 0 Å². The van der Waals surface area contributed by atoms with Crippen molar-refractivity contribution in [2.45, 2.75) is 76.7 Å². The fourth-order valence-corrected chi connectivity index (χ4v) is 5.31. The Labute approximate surface area is 181 Å². The molecule has 2 aromatic rings. The first-order valence-corrected chi connectivity index (χ1v) is 11.7. The van der Waals surface area contributed by atoms with Crippen LogP contribution in [-0.4, -0.2) is 26.4 Å². The van der Waals surface area contributed by atoms with Crippen molar-refractivity contribution < 1.29 is 9.59 Å². The first-order valence-electron chi connectivity index (χ1n) is 10.9. The van der Waals surface area contributed by atoms with Crippen molar-refractivity contribution in [2.24, 2.45) is 5.10 Å². The molecule has 1 fully saturated rings. The number of rotatable bonds is 4. The third-order valence-corrected chi connectivity index (χ3v) is 6.96. The molecule has 1 aliphatic carbocycles. The van der Waals surface area contributed by atoms with Crippen LogP contribution in [0.25, 0.3) is 0 Å². The molecule has 6 nitrogen and oxygen atoms in total. The van der Waals surface area contributed by atoms with E-state index in [1.165, 1.54) is 54.4 Å². The molecule has 0 radical (unpaired) electrons. The van der Waals surface area contributed by atoms with E-state index in [2.05, 4.69) is 34.4 Å². The van der Waals surface area contributed by atoms with Gasteiger partial charge in [-0.3, -0.25) is 14.2 Å². The maximum atomic E-state index is 12.6.